The summed E-state index contributed by atoms with van der Waals surface area (Å²) >= 11 is 5.83. The predicted molar refractivity (Wildman–Crippen MR) is 75.5 cm³/mol. The number of nitrogens with zero attached hydrogens (tertiary/aromatic N) is 2. The third-order valence-corrected chi connectivity index (χ3v) is 4.51. The lowest BCUT2D eigenvalue weighted by Crippen LogP contribution is -2.39. The molecule has 0 radical (unpaired) electrons. The number of carboxylic acid groups (broad SMARTS) is 1. The number of carbonyl (C=O) groups is 2. The van der Waals surface area contributed by atoms with Gasteiger partial charge in [-0.1, -0.05) is 36.1 Å². The van der Waals surface area contributed by atoms with Gasteiger partial charge in [-0.05, 0) is 12.5 Å². The van der Waals surface area contributed by atoms with Gasteiger partial charge in [-0.25, -0.2) is 4.79 Å². The van der Waals surface area contributed by atoms with Crippen LogP contribution in [0.1, 0.15) is 12.5 Å². The van der Waals surface area contributed by atoms with E-state index < -0.39 is 21.7 Å². The predicted octanol–water partition coefficient (Wildman–Crippen LogP) is 2.35. The molecule has 1 aromatic carbocycles. The van der Waals surface area contributed by atoms with Crippen molar-refractivity contribution in [2.24, 2.45) is 0 Å². The Hall–Kier alpha value is -2.00. The van der Waals surface area contributed by atoms with Gasteiger partial charge in [0.15, 0.2) is 4.32 Å². The number of nitro benzene ring substituents is 1. The molecule has 1 aliphatic heterocycles. The fourth-order valence-corrected chi connectivity index (χ4v) is 3.50. The van der Waals surface area contributed by atoms with Crippen molar-refractivity contribution >= 4 is 46.0 Å². The standard InChI is InChI=1S/C11H8N2O5S2/c1-11(6-2-4-7(5-3-6)13(17)18)8(14)12(9(15)16)10(19)20-11/h2-5H,1H3,(H,15,16). The number of amides is 2. The molecule has 9 heteroatoms. The highest BCUT2D eigenvalue weighted by atomic mass is 32.2. The van der Waals surface area contributed by atoms with Gasteiger partial charge in [0.2, 0.25) is 0 Å². The highest BCUT2D eigenvalue weighted by Crippen LogP contribution is 2.45. The van der Waals surface area contributed by atoms with Gasteiger partial charge in [0.25, 0.3) is 11.6 Å². The Balaban J connectivity index is 2.41. The molecule has 104 valence electrons. The third-order valence-electron chi connectivity index (χ3n) is 2.91. The lowest BCUT2D eigenvalue weighted by molar-refractivity contribution is -0.384. The summed E-state index contributed by atoms with van der Waals surface area (Å²) in [7, 11) is 0. The van der Waals surface area contributed by atoms with E-state index in [1.807, 2.05) is 0 Å². The number of non-ortho nitro benzene ring substituents is 1. The maximum atomic E-state index is 12.2. The molecule has 1 saturated heterocycles. The van der Waals surface area contributed by atoms with Crippen LogP contribution in [0.25, 0.3) is 0 Å². The fraction of sp³-hybridized carbons (Fsp3) is 0.182. The van der Waals surface area contributed by atoms with E-state index in [1.165, 1.54) is 31.2 Å². The largest absolute Gasteiger partial charge is 0.464 e. The number of thiocarbonyl (C=S) groups is 1. The van der Waals surface area contributed by atoms with Gasteiger partial charge in [-0.15, -0.1) is 0 Å². The van der Waals surface area contributed by atoms with Crippen molar-refractivity contribution in [3.63, 3.8) is 0 Å². The highest BCUT2D eigenvalue weighted by molar-refractivity contribution is 8.24. The number of rotatable bonds is 2. The smallest absolute Gasteiger partial charge is 0.419 e. The molecule has 0 aliphatic carbocycles. The first-order chi connectivity index (χ1) is 9.27. The first-order valence-corrected chi connectivity index (χ1v) is 6.55. The molecule has 1 fully saturated rings. The van der Waals surface area contributed by atoms with Crippen LogP contribution in [0.15, 0.2) is 24.3 Å². The Morgan fingerprint density at radius 1 is 1.45 bits per heavy atom. The second kappa shape index (κ2) is 4.84. The Morgan fingerprint density at radius 3 is 2.40 bits per heavy atom. The number of hydrogen-bond donors (Lipinski definition) is 1. The number of hydrogen-bond acceptors (Lipinski definition) is 6. The molecule has 1 N–H and O–H groups in total. The molecular formula is C11H8N2O5S2. The molecule has 0 aromatic heterocycles. The summed E-state index contributed by atoms with van der Waals surface area (Å²) in [6.07, 6.45) is -1.43. The third kappa shape index (κ3) is 2.14. The maximum absolute atomic E-state index is 12.2. The van der Waals surface area contributed by atoms with Crippen molar-refractivity contribution < 1.29 is 19.6 Å². The molecule has 0 saturated carbocycles. The van der Waals surface area contributed by atoms with Gasteiger partial charge in [0.1, 0.15) is 4.75 Å². The van der Waals surface area contributed by atoms with Crippen LogP contribution < -0.4 is 0 Å². The number of nitro groups is 1. The zero-order chi connectivity index (χ0) is 15.1. The number of thioether (sulfide) groups is 1. The minimum Gasteiger partial charge on any atom is -0.464 e. The fourth-order valence-electron chi connectivity index (χ4n) is 1.81. The zero-order valence-electron chi connectivity index (χ0n) is 10.1. The second-order valence-electron chi connectivity index (χ2n) is 4.13. The molecule has 20 heavy (non-hydrogen) atoms. The average molecular weight is 312 g/mol. The van der Waals surface area contributed by atoms with Crippen LogP contribution in [0.2, 0.25) is 0 Å². The average Bonchev–Trinajstić information content (AvgIpc) is 2.61. The number of imide groups is 1. The number of carbonyl (C=O) groups excluding carboxylic acids is 1. The SMILES string of the molecule is CC1(c2ccc([N+](=O)[O-])cc2)SC(=S)N(C(=O)O)C1=O. The van der Waals surface area contributed by atoms with E-state index in [2.05, 4.69) is 0 Å². The first kappa shape index (κ1) is 14.4. The van der Waals surface area contributed by atoms with Crippen LogP contribution in [-0.4, -0.2) is 31.3 Å². The molecular weight excluding hydrogens is 304 g/mol. The van der Waals surface area contributed by atoms with Crippen molar-refractivity contribution in [1.29, 1.82) is 0 Å². The zero-order valence-corrected chi connectivity index (χ0v) is 11.7. The van der Waals surface area contributed by atoms with Gasteiger partial charge < -0.3 is 5.11 Å². The lowest BCUT2D eigenvalue weighted by atomic mass is 9.98. The van der Waals surface area contributed by atoms with Crippen molar-refractivity contribution in [3.05, 3.63) is 39.9 Å². The normalized spacial score (nSPS) is 22.1. The first-order valence-electron chi connectivity index (χ1n) is 5.33. The molecule has 0 spiro atoms. The van der Waals surface area contributed by atoms with E-state index in [-0.39, 0.29) is 10.0 Å². The van der Waals surface area contributed by atoms with E-state index in [0.29, 0.717) is 10.5 Å². The topological polar surface area (TPSA) is 101 Å². The van der Waals surface area contributed by atoms with E-state index in [1.54, 1.807) is 0 Å². The van der Waals surface area contributed by atoms with Crippen LogP contribution >= 0.6 is 24.0 Å². The van der Waals surface area contributed by atoms with E-state index >= 15 is 0 Å². The van der Waals surface area contributed by atoms with Crippen LogP contribution in [0.5, 0.6) is 0 Å². The van der Waals surface area contributed by atoms with Gasteiger partial charge >= 0.3 is 6.09 Å². The van der Waals surface area contributed by atoms with E-state index in [4.69, 9.17) is 17.3 Å². The van der Waals surface area contributed by atoms with Gasteiger partial charge in [-0.3, -0.25) is 14.9 Å². The monoisotopic (exact) mass is 312 g/mol. The quantitative estimate of drug-likeness (QED) is 0.508. The molecule has 0 bridgehead atoms. The summed E-state index contributed by atoms with van der Waals surface area (Å²) < 4.78 is -1.24. The Kier molecular flexibility index (Phi) is 3.48. The van der Waals surface area contributed by atoms with Crippen molar-refractivity contribution in [2.75, 3.05) is 0 Å². The summed E-state index contributed by atoms with van der Waals surface area (Å²) in [6, 6.07) is 5.38. The molecule has 7 nitrogen and oxygen atoms in total. The minimum absolute atomic E-state index is 0.0525. The maximum Gasteiger partial charge on any atom is 0.419 e. The van der Waals surface area contributed by atoms with E-state index in [0.717, 1.165) is 11.8 Å². The van der Waals surface area contributed by atoms with Crippen molar-refractivity contribution in [1.82, 2.24) is 4.90 Å². The lowest BCUT2D eigenvalue weighted by Gasteiger charge is -2.20. The Morgan fingerprint density at radius 2 is 2.00 bits per heavy atom. The van der Waals surface area contributed by atoms with Crippen molar-refractivity contribution in [3.8, 4) is 0 Å². The van der Waals surface area contributed by atoms with Crippen molar-refractivity contribution in [2.45, 2.75) is 11.7 Å². The summed E-state index contributed by atoms with van der Waals surface area (Å²) in [5.41, 5.74) is 0.356. The highest BCUT2D eigenvalue weighted by Gasteiger charge is 2.51. The second-order valence-corrected chi connectivity index (χ2v) is 6.18. The molecule has 2 amide bonds. The summed E-state index contributed by atoms with van der Waals surface area (Å²) in [6.45, 7) is 1.54. The molecule has 1 aromatic rings. The number of benzene rings is 1. The summed E-state index contributed by atoms with van der Waals surface area (Å²) in [4.78, 5) is 33.8. The molecule has 1 unspecified atom stereocenters. The molecule has 1 atom stereocenters. The van der Waals surface area contributed by atoms with Crippen LogP contribution in [0.4, 0.5) is 10.5 Å². The van der Waals surface area contributed by atoms with Gasteiger partial charge in [-0.2, -0.15) is 4.90 Å². The molecule has 2 rings (SSSR count). The van der Waals surface area contributed by atoms with Gasteiger partial charge in [0.05, 0.1) is 4.92 Å². The minimum atomic E-state index is -1.43. The van der Waals surface area contributed by atoms with Crippen LogP contribution in [-0.2, 0) is 9.54 Å². The van der Waals surface area contributed by atoms with E-state index in [9.17, 15) is 19.7 Å². The van der Waals surface area contributed by atoms with Crippen LogP contribution in [0.3, 0.4) is 0 Å². The summed E-state index contributed by atoms with van der Waals surface area (Å²) in [5.74, 6) is -0.672. The van der Waals surface area contributed by atoms with Crippen LogP contribution in [0, 0.1) is 10.1 Å². The summed E-state index contributed by atoms with van der Waals surface area (Å²) in [5, 5.41) is 19.6. The Bertz CT molecular complexity index is 630. The molecule has 1 aliphatic rings. The molecule has 1 heterocycles. The Labute approximate surface area is 122 Å². The van der Waals surface area contributed by atoms with Gasteiger partial charge in [0, 0.05) is 12.1 Å².